The second kappa shape index (κ2) is 5.37. The van der Waals surface area contributed by atoms with Gasteiger partial charge >= 0.3 is 0 Å². The first kappa shape index (κ1) is 10.8. The normalized spacial score (nSPS) is 10.6. The average molecular weight is 217 g/mol. The Balaban J connectivity index is 2.02. The molecule has 0 spiro atoms. The van der Waals surface area contributed by atoms with Gasteiger partial charge in [0.25, 0.3) is 0 Å². The molecule has 0 radical (unpaired) electrons. The Labute approximate surface area is 94.4 Å². The summed E-state index contributed by atoms with van der Waals surface area (Å²) in [7, 11) is 0. The molecule has 0 bridgehead atoms. The van der Waals surface area contributed by atoms with Crippen LogP contribution < -0.4 is 5.32 Å². The lowest BCUT2D eigenvalue weighted by molar-refractivity contribution is 0.666. The van der Waals surface area contributed by atoms with Crippen LogP contribution in [0.4, 0.5) is 0 Å². The minimum Gasteiger partial charge on any atom is -0.338 e. The smallest absolute Gasteiger partial charge is 0.195 e. The van der Waals surface area contributed by atoms with Crippen molar-refractivity contribution in [2.45, 2.75) is 19.9 Å². The summed E-state index contributed by atoms with van der Waals surface area (Å²) in [5, 5.41) is 3.30. The molecule has 0 aromatic carbocycles. The molecule has 0 amide bonds. The van der Waals surface area contributed by atoms with E-state index in [-0.39, 0.29) is 0 Å². The fraction of sp³-hybridized carbons (Fsp3) is 0.364. The largest absolute Gasteiger partial charge is 0.338 e. The molecule has 16 heavy (non-hydrogen) atoms. The molecule has 0 aliphatic rings. The lowest BCUT2D eigenvalue weighted by Gasteiger charge is -1.98. The zero-order valence-electron chi connectivity index (χ0n) is 9.27. The van der Waals surface area contributed by atoms with E-state index in [0.717, 1.165) is 25.2 Å². The average Bonchev–Trinajstić information content (AvgIpc) is 2.79. The molecule has 2 rings (SSSR count). The third kappa shape index (κ3) is 2.64. The van der Waals surface area contributed by atoms with Gasteiger partial charge in [-0.3, -0.25) is 0 Å². The summed E-state index contributed by atoms with van der Waals surface area (Å²) in [5.74, 6) is 1.35. The van der Waals surface area contributed by atoms with Gasteiger partial charge in [-0.1, -0.05) is 6.92 Å². The first-order valence-corrected chi connectivity index (χ1v) is 5.42. The quantitative estimate of drug-likeness (QED) is 0.742. The molecule has 0 unspecified atom stereocenters. The number of H-pyrrole nitrogens is 1. The van der Waals surface area contributed by atoms with Gasteiger partial charge in [0.1, 0.15) is 0 Å². The predicted molar refractivity (Wildman–Crippen MR) is 61.6 cm³/mol. The molecule has 0 saturated carbocycles. The van der Waals surface area contributed by atoms with Crippen LogP contribution in [0, 0.1) is 0 Å². The fourth-order valence-corrected chi connectivity index (χ4v) is 1.38. The second-order valence-electron chi connectivity index (χ2n) is 3.51. The number of imidazole rings is 1. The topological polar surface area (TPSA) is 66.5 Å². The van der Waals surface area contributed by atoms with Crippen LogP contribution in [0.25, 0.3) is 11.6 Å². The molecule has 0 atom stereocenters. The summed E-state index contributed by atoms with van der Waals surface area (Å²) in [6, 6.07) is 1.79. The maximum absolute atomic E-state index is 4.24. The first-order valence-electron chi connectivity index (χ1n) is 5.42. The highest BCUT2D eigenvalue weighted by Crippen LogP contribution is 2.08. The predicted octanol–water partition coefficient (Wildman–Crippen LogP) is 1.37. The van der Waals surface area contributed by atoms with Crippen LogP contribution in [-0.4, -0.2) is 26.5 Å². The Hall–Kier alpha value is -1.75. The van der Waals surface area contributed by atoms with Crippen molar-refractivity contribution in [2.24, 2.45) is 0 Å². The monoisotopic (exact) mass is 217 g/mol. The van der Waals surface area contributed by atoms with E-state index in [1.165, 1.54) is 0 Å². The van der Waals surface area contributed by atoms with E-state index in [9.17, 15) is 0 Å². The van der Waals surface area contributed by atoms with E-state index in [1.54, 1.807) is 18.5 Å². The molecular weight excluding hydrogens is 202 g/mol. The SMILES string of the molecule is CCCNCc1cnc(-c2ncccn2)[nH]1. The molecule has 5 heteroatoms. The van der Waals surface area contributed by atoms with Gasteiger partial charge in [-0.25, -0.2) is 15.0 Å². The first-order chi connectivity index (χ1) is 7.90. The Morgan fingerprint density at radius 3 is 2.81 bits per heavy atom. The Morgan fingerprint density at radius 1 is 1.25 bits per heavy atom. The molecule has 2 aromatic rings. The van der Waals surface area contributed by atoms with Gasteiger partial charge < -0.3 is 10.3 Å². The van der Waals surface area contributed by atoms with Crippen LogP contribution in [0.3, 0.4) is 0 Å². The highest BCUT2D eigenvalue weighted by molar-refractivity contribution is 5.42. The standard InChI is InChI=1S/C11H15N5/c1-2-4-12-7-9-8-15-11(16-9)10-13-5-3-6-14-10/h3,5-6,8,12H,2,4,7H2,1H3,(H,15,16). The zero-order valence-corrected chi connectivity index (χ0v) is 9.27. The fourth-order valence-electron chi connectivity index (χ4n) is 1.38. The summed E-state index contributed by atoms with van der Waals surface area (Å²) in [4.78, 5) is 15.7. The molecule has 84 valence electrons. The minimum atomic E-state index is 0.629. The Bertz CT molecular complexity index is 423. The highest BCUT2D eigenvalue weighted by atomic mass is 15.0. The summed E-state index contributed by atoms with van der Waals surface area (Å²) < 4.78 is 0. The minimum absolute atomic E-state index is 0.629. The lowest BCUT2D eigenvalue weighted by atomic mass is 10.4. The van der Waals surface area contributed by atoms with Crippen molar-refractivity contribution < 1.29 is 0 Å². The molecule has 0 aliphatic carbocycles. The molecule has 5 nitrogen and oxygen atoms in total. The van der Waals surface area contributed by atoms with Gasteiger partial charge in [0.2, 0.25) is 0 Å². The summed E-state index contributed by atoms with van der Waals surface area (Å²) >= 11 is 0. The van der Waals surface area contributed by atoms with Crippen molar-refractivity contribution in [1.29, 1.82) is 0 Å². The number of hydrogen-bond acceptors (Lipinski definition) is 4. The van der Waals surface area contributed by atoms with Gasteiger partial charge in [0.15, 0.2) is 11.6 Å². The number of nitrogens with zero attached hydrogens (tertiary/aromatic N) is 3. The van der Waals surface area contributed by atoms with Crippen molar-refractivity contribution >= 4 is 0 Å². The van der Waals surface area contributed by atoms with E-state index < -0.39 is 0 Å². The lowest BCUT2D eigenvalue weighted by Crippen LogP contribution is -2.13. The van der Waals surface area contributed by atoms with E-state index in [2.05, 4.69) is 32.2 Å². The third-order valence-corrected chi connectivity index (χ3v) is 2.15. The van der Waals surface area contributed by atoms with Crippen LogP contribution in [0.5, 0.6) is 0 Å². The Kier molecular flexibility index (Phi) is 3.61. The van der Waals surface area contributed by atoms with Gasteiger partial charge in [-0.15, -0.1) is 0 Å². The maximum Gasteiger partial charge on any atom is 0.195 e. The summed E-state index contributed by atoms with van der Waals surface area (Å²) in [6.07, 6.45) is 6.36. The van der Waals surface area contributed by atoms with Crippen molar-refractivity contribution in [3.63, 3.8) is 0 Å². The molecule has 0 saturated heterocycles. The van der Waals surface area contributed by atoms with Crippen molar-refractivity contribution in [3.8, 4) is 11.6 Å². The zero-order chi connectivity index (χ0) is 11.2. The molecule has 2 aromatic heterocycles. The summed E-state index contributed by atoms with van der Waals surface area (Å²) in [6.45, 7) is 3.95. The molecule has 2 N–H and O–H groups in total. The third-order valence-electron chi connectivity index (χ3n) is 2.15. The number of aromatic nitrogens is 4. The van der Waals surface area contributed by atoms with Crippen molar-refractivity contribution in [3.05, 3.63) is 30.4 Å². The number of rotatable bonds is 5. The molecule has 2 heterocycles. The second-order valence-corrected chi connectivity index (χ2v) is 3.51. The molecule has 0 fully saturated rings. The van der Waals surface area contributed by atoms with Crippen LogP contribution in [-0.2, 0) is 6.54 Å². The molecule has 0 aliphatic heterocycles. The van der Waals surface area contributed by atoms with Crippen molar-refractivity contribution in [1.82, 2.24) is 25.3 Å². The Morgan fingerprint density at radius 2 is 2.06 bits per heavy atom. The van der Waals surface area contributed by atoms with E-state index in [4.69, 9.17) is 0 Å². The van der Waals surface area contributed by atoms with Crippen molar-refractivity contribution in [2.75, 3.05) is 6.54 Å². The maximum atomic E-state index is 4.24. The number of hydrogen-bond donors (Lipinski definition) is 2. The number of aromatic amines is 1. The van der Waals surface area contributed by atoms with Gasteiger partial charge in [0.05, 0.1) is 6.20 Å². The number of nitrogens with one attached hydrogen (secondary N) is 2. The van der Waals surface area contributed by atoms with Crippen LogP contribution in [0.1, 0.15) is 19.0 Å². The van der Waals surface area contributed by atoms with E-state index >= 15 is 0 Å². The van der Waals surface area contributed by atoms with Crippen LogP contribution in [0.15, 0.2) is 24.7 Å². The summed E-state index contributed by atoms with van der Waals surface area (Å²) in [5.41, 5.74) is 1.05. The van der Waals surface area contributed by atoms with Gasteiger partial charge in [-0.05, 0) is 19.0 Å². The van der Waals surface area contributed by atoms with Gasteiger partial charge in [-0.2, -0.15) is 0 Å². The van der Waals surface area contributed by atoms with E-state index in [0.29, 0.717) is 11.6 Å². The van der Waals surface area contributed by atoms with E-state index in [1.807, 2.05) is 6.20 Å². The van der Waals surface area contributed by atoms with Crippen LogP contribution in [0.2, 0.25) is 0 Å². The van der Waals surface area contributed by atoms with Gasteiger partial charge in [0, 0.05) is 24.6 Å². The molecular formula is C11H15N5. The highest BCUT2D eigenvalue weighted by Gasteiger charge is 2.04. The van der Waals surface area contributed by atoms with Crippen LogP contribution >= 0.6 is 0 Å².